The highest BCUT2D eigenvalue weighted by atomic mass is 16.2. The molecule has 0 radical (unpaired) electrons. The zero-order valence-electron chi connectivity index (χ0n) is 16.9. The van der Waals surface area contributed by atoms with E-state index in [9.17, 15) is 14.4 Å². The summed E-state index contributed by atoms with van der Waals surface area (Å²) in [5.41, 5.74) is 4.24. The minimum atomic E-state index is -1.17. The van der Waals surface area contributed by atoms with E-state index in [1.54, 1.807) is 12.1 Å². The lowest BCUT2D eigenvalue weighted by molar-refractivity contribution is -0.139. The van der Waals surface area contributed by atoms with Crippen LogP contribution in [0.5, 0.6) is 0 Å². The number of rotatable bonds is 7. The van der Waals surface area contributed by atoms with E-state index in [1.807, 2.05) is 68.3 Å². The molecule has 1 saturated heterocycles. The van der Waals surface area contributed by atoms with Gasteiger partial charge in [0.15, 0.2) is 0 Å². The maximum atomic E-state index is 13.0. The van der Waals surface area contributed by atoms with E-state index in [0.717, 1.165) is 16.1 Å². The summed E-state index contributed by atoms with van der Waals surface area (Å²) in [5, 5.41) is 3.54. The molecule has 1 atom stereocenters. The van der Waals surface area contributed by atoms with Crippen molar-refractivity contribution in [3.05, 3.63) is 71.3 Å². The van der Waals surface area contributed by atoms with Gasteiger partial charge in [-0.25, -0.2) is 4.79 Å². The van der Waals surface area contributed by atoms with Gasteiger partial charge in [0.1, 0.15) is 5.54 Å². The lowest BCUT2D eigenvalue weighted by Crippen LogP contribution is -2.50. The highest BCUT2D eigenvalue weighted by molar-refractivity contribution is 6.08. The summed E-state index contributed by atoms with van der Waals surface area (Å²) in [7, 11) is 1.82. The van der Waals surface area contributed by atoms with Crippen molar-refractivity contribution in [3.63, 3.8) is 0 Å². The summed E-state index contributed by atoms with van der Waals surface area (Å²) in [6.07, 6.45) is 0.376. The van der Waals surface area contributed by atoms with Crippen molar-refractivity contribution in [3.8, 4) is 0 Å². The molecule has 0 saturated carbocycles. The number of nitrogens with one attached hydrogen (secondary N) is 2. The molecular weight excluding hydrogens is 368 g/mol. The molecule has 4 amide bonds. The molecule has 2 N–H and O–H groups in total. The number of carbonyl (C=O) groups is 3. The van der Waals surface area contributed by atoms with E-state index in [2.05, 4.69) is 10.7 Å². The Balaban J connectivity index is 1.66. The van der Waals surface area contributed by atoms with Crippen LogP contribution in [0, 0.1) is 6.92 Å². The average Bonchev–Trinajstić information content (AvgIpc) is 2.95. The van der Waals surface area contributed by atoms with Gasteiger partial charge in [0, 0.05) is 6.54 Å². The molecule has 3 rings (SSSR count). The van der Waals surface area contributed by atoms with Crippen LogP contribution < -0.4 is 10.7 Å². The number of nitrogens with zero attached hydrogens (tertiary/aromatic N) is 2. The van der Waals surface area contributed by atoms with E-state index in [4.69, 9.17) is 0 Å². The summed E-state index contributed by atoms with van der Waals surface area (Å²) >= 11 is 0. The van der Waals surface area contributed by atoms with E-state index in [0.29, 0.717) is 18.5 Å². The Morgan fingerprint density at radius 3 is 2.41 bits per heavy atom. The Morgan fingerprint density at radius 2 is 1.76 bits per heavy atom. The Morgan fingerprint density at radius 1 is 1.10 bits per heavy atom. The minimum Gasteiger partial charge on any atom is -0.318 e. The van der Waals surface area contributed by atoms with Crippen molar-refractivity contribution in [1.29, 1.82) is 0 Å². The van der Waals surface area contributed by atoms with Crippen molar-refractivity contribution < 1.29 is 14.4 Å². The van der Waals surface area contributed by atoms with Crippen molar-refractivity contribution in [2.45, 2.75) is 32.4 Å². The summed E-state index contributed by atoms with van der Waals surface area (Å²) in [6.45, 7) is 4.48. The van der Waals surface area contributed by atoms with Crippen LogP contribution in [0.4, 0.5) is 4.79 Å². The first-order chi connectivity index (χ1) is 13.9. The van der Waals surface area contributed by atoms with Gasteiger partial charge in [-0.2, -0.15) is 5.01 Å². The highest BCUT2D eigenvalue weighted by Crippen LogP contribution is 2.31. The molecule has 29 heavy (non-hydrogen) atoms. The second-order valence-electron chi connectivity index (χ2n) is 7.33. The molecule has 1 heterocycles. The standard InChI is InChI=1S/C22H26N4O3/c1-4-22(18-12-6-5-7-13-18)20(28)26(21(29)23-22)24-19(27)15-25(3)14-17-11-9-8-10-16(17)2/h5-13H,4,14-15H2,1-3H3,(H,23,29)(H,24,27). The van der Waals surface area contributed by atoms with Crippen LogP contribution in [0.2, 0.25) is 0 Å². The van der Waals surface area contributed by atoms with Gasteiger partial charge in [0.25, 0.3) is 11.8 Å². The predicted molar refractivity (Wildman–Crippen MR) is 109 cm³/mol. The topological polar surface area (TPSA) is 81.8 Å². The minimum absolute atomic E-state index is 0.0514. The number of imide groups is 1. The molecular formula is C22H26N4O3. The summed E-state index contributed by atoms with van der Waals surface area (Å²) < 4.78 is 0. The van der Waals surface area contributed by atoms with Crippen molar-refractivity contribution in [2.75, 3.05) is 13.6 Å². The number of likely N-dealkylation sites (N-methyl/N-ethyl adjacent to an activating group) is 1. The zero-order chi connectivity index (χ0) is 21.0. The summed E-state index contributed by atoms with van der Waals surface area (Å²) in [4.78, 5) is 39.8. The van der Waals surface area contributed by atoms with Gasteiger partial charge < -0.3 is 5.32 Å². The second-order valence-corrected chi connectivity index (χ2v) is 7.33. The normalized spacial score (nSPS) is 18.8. The van der Waals surface area contributed by atoms with Gasteiger partial charge in [0.05, 0.1) is 6.54 Å². The SMILES string of the molecule is CCC1(c2ccccc2)NC(=O)N(NC(=O)CN(C)Cc2ccccc2C)C1=O. The second kappa shape index (κ2) is 8.45. The Hall–Kier alpha value is -3.19. The number of urea groups is 1. The molecule has 0 bridgehead atoms. The zero-order valence-corrected chi connectivity index (χ0v) is 16.9. The fourth-order valence-corrected chi connectivity index (χ4v) is 3.58. The third kappa shape index (κ3) is 4.14. The fraction of sp³-hybridized carbons (Fsp3) is 0.318. The monoisotopic (exact) mass is 394 g/mol. The summed E-state index contributed by atoms with van der Waals surface area (Å²) in [6, 6.07) is 16.4. The first kappa shape index (κ1) is 20.5. The van der Waals surface area contributed by atoms with Gasteiger partial charge in [-0.3, -0.25) is 19.9 Å². The smallest absolute Gasteiger partial charge is 0.318 e. The highest BCUT2D eigenvalue weighted by Gasteiger charge is 2.52. The van der Waals surface area contributed by atoms with Crippen molar-refractivity contribution in [2.24, 2.45) is 0 Å². The number of hydrogen-bond donors (Lipinski definition) is 2. The van der Waals surface area contributed by atoms with Gasteiger partial charge in [0.2, 0.25) is 0 Å². The van der Waals surface area contributed by atoms with E-state index >= 15 is 0 Å². The first-order valence-corrected chi connectivity index (χ1v) is 9.62. The van der Waals surface area contributed by atoms with Crippen LogP contribution >= 0.6 is 0 Å². The van der Waals surface area contributed by atoms with Crippen LogP contribution in [-0.4, -0.2) is 41.3 Å². The Bertz CT molecular complexity index is 915. The lowest BCUT2D eigenvalue weighted by atomic mass is 9.87. The number of aryl methyl sites for hydroxylation is 1. The summed E-state index contributed by atoms with van der Waals surface area (Å²) in [5.74, 6) is -0.907. The van der Waals surface area contributed by atoms with Crippen LogP contribution in [0.15, 0.2) is 54.6 Å². The molecule has 1 aliphatic heterocycles. The molecule has 0 aliphatic carbocycles. The van der Waals surface area contributed by atoms with Crippen molar-refractivity contribution in [1.82, 2.24) is 20.7 Å². The molecule has 0 spiro atoms. The number of benzene rings is 2. The van der Waals surface area contributed by atoms with E-state index < -0.39 is 23.4 Å². The average molecular weight is 394 g/mol. The van der Waals surface area contributed by atoms with Gasteiger partial charge in [-0.1, -0.05) is 61.5 Å². The molecule has 7 nitrogen and oxygen atoms in total. The van der Waals surface area contributed by atoms with Crippen molar-refractivity contribution >= 4 is 17.8 Å². The number of amides is 4. The first-order valence-electron chi connectivity index (χ1n) is 9.62. The molecule has 1 fully saturated rings. The Kier molecular flexibility index (Phi) is 5.98. The van der Waals surface area contributed by atoms with Crippen LogP contribution in [0.1, 0.15) is 30.0 Å². The third-order valence-corrected chi connectivity index (χ3v) is 5.24. The largest absolute Gasteiger partial charge is 0.344 e. The van der Waals surface area contributed by atoms with E-state index in [1.165, 1.54) is 0 Å². The van der Waals surface area contributed by atoms with Gasteiger partial charge >= 0.3 is 6.03 Å². The van der Waals surface area contributed by atoms with Crippen LogP contribution in [0.3, 0.4) is 0 Å². The maximum Gasteiger partial charge on any atom is 0.344 e. The van der Waals surface area contributed by atoms with Gasteiger partial charge in [-0.15, -0.1) is 0 Å². The number of hydrazine groups is 1. The fourth-order valence-electron chi connectivity index (χ4n) is 3.58. The van der Waals surface area contributed by atoms with Crippen LogP contribution in [-0.2, 0) is 21.7 Å². The maximum absolute atomic E-state index is 13.0. The molecule has 0 aromatic heterocycles. The number of carbonyl (C=O) groups excluding carboxylic acids is 3. The molecule has 1 unspecified atom stereocenters. The van der Waals surface area contributed by atoms with E-state index in [-0.39, 0.29) is 6.54 Å². The quantitative estimate of drug-likeness (QED) is 0.706. The third-order valence-electron chi connectivity index (χ3n) is 5.24. The molecule has 2 aromatic rings. The van der Waals surface area contributed by atoms with Crippen LogP contribution in [0.25, 0.3) is 0 Å². The molecule has 1 aliphatic rings. The molecule has 2 aromatic carbocycles. The van der Waals surface area contributed by atoms with Gasteiger partial charge in [-0.05, 0) is 37.1 Å². The lowest BCUT2D eigenvalue weighted by Gasteiger charge is -2.25. The molecule has 7 heteroatoms. The Labute approximate surface area is 170 Å². The molecule has 152 valence electrons. The predicted octanol–water partition coefficient (Wildman–Crippen LogP) is 2.32. The number of hydrogen-bond acceptors (Lipinski definition) is 4.